The standard InChI is InChI=1S/C42H62N4O6P2/c1-35-13-21-39(22-14-35)49-53(47,50-40-23-15-36(2)16-24-40)43-29-33-45(5,6)31-11-9-10-12-32-46(7,8)34-30-44-54(48,51-41-25-17-37(3)18-26-41)52-42-27-19-38(4)20-28-42/h13-28H,9-12,29-34H2,1-8H3,(H,43,47)(H,44,48)/q+2. The molecule has 0 heterocycles. The molecule has 10 nitrogen and oxygen atoms in total. The van der Waals surface area contributed by atoms with Gasteiger partial charge in [-0.05, 0) is 102 Å². The first-order valence-corrected chi connectivity index (χ1v) is 22.0. The summed E-state index contributed by atoms with van der Waals surface area (Å²) in [7, 11) is 1.43. The van der Waals surface area contributed by atoms with Crippen LogP contribution < -0.4 is 28.3 Å². The summed E-state index contributed by atoms with van der Waals surface area (Å²) in [5.41, 5.74) is 4.38. The topological polar surface area (TPSA) is 95.1 Å². The van der Waals surface area contributed by atoms with Crippen LogP contribution in [0.2, 0.25) is 0 Å². The van der Waals surface area contributed by atoms with Crippen molar-refractivity contribution >= 4 is 15.5 Å². The Bertz CT molecular complexity index is 1580. The second-order valence-corrected chi connectivity index (χ2v) is 19.0. The van der Waals surface area contributed by atoms with Gasteiger partial charge in [0, 0.05) is 0 Å². The SMILES string of the molecule is Cc1ccc(OP(=O)(NCC[N+](C)(C)CCCCCC[N+](C)(C)CCNP(=O)(Oc2ccc(C)cc2)Oc2ccc(C)cc2)Oc2ccc(C)cc2)cc1. The third kappa shape index (κ3) is 15.6. The Kier molecular flexibility index (Phi) is 15.8. The predicted molar refractivity (Wildman–Crippen MR) is 221 cm³/mol. The van der Waals surface area contributed by atoms with Crippen molar-refractivity contribution in [2.24, 2.45) is 0 Å². The Morgan fingerprint density at radius 1 is 0.407 bits per heavy atom. The molecule has 0 aromatic heterocycles. The summed E-state index contributed by atoms with van der Waals surface area (Å²) in [5.74, 6) is 1.98. The summed E-state index contributed by atoms with van der Waals surface area (Å²) in [6, 6.07) is 29.9. The molecule has 0 unspecified atom stereocenters. The van der Waals surface area contributed by atoms with Crippen LogP contribution in [0, 0.1) is 27.7 Å². The van der Waals surface area contributed by atoms with Crippen LogP contribution in [-0.4, -0.2) is 76.4 Å². The Labute approximate surface area is 324 Å². The monoisotopic (exact) mass is 780 g/mol. The van der Waals surface area contributed by atoms with E-state index in [0.717, 1.165) is 83.1 Å². The molecule has 0 bridgehead atoms. The molecule has 0 amide bonds. The van der Waals surface area contributed by atoms with Gasteiger partial charge in [-0.15, -0.1) is 0 Å². The molecule has 0 saturated carbocycles. The number of benzene rings is 4. The number of aryl methyl sites for hydroxylation is 4. The number of unbranched alkanes of at least 4 members (excludes halogenated alkanes) is 3. The van der Waals surface area contributed by atoms with E-state index in [4.69, 9.17) is 18.1 Å². The number of rotatable bonds is 23. The smallest absolute Gasteiger partial charge is 0.405 e. The number of quaternary nitrogens is 2. The maximum absolute atomic E-state index is 13.9. The summed E-state index contributed by atoms with van der Waals surface area (Å²) in [6.07, 6.45) is 4.44. The first-order chi connectivity index (χ1) is 25.5. The van der Waals surface area contributed by atoms with Gasteiger partial charge in [0.2, 0.25) is 0 Å². The number of nitrogens with zero attached hydrogens (tertiary/aromatic N) is 2. The maximum atomic E-state index is 13.9. The summed E-state index contributed by atoms with van der Waals surface area (Å²) >= 11 is 0. The van der Waals surface area contributed by atoms with Gasteiger partial charge in [-0.2, -0.15) is 10.2 Å². The molecule has 0 spiro atoms. The number of hydrogen-bond donors (Lipinski definition) is 2. The Morgan fingerprint density at radius 2 is 0.648 bits per heavy atom. The van der Waals surface area contributed by atoms with E-state index < -0.39 is 15.5 Å². The lowest BCUT2D eigenvalue weighted by Crippen LogP contribution is -2.45. The fraction of sp³-hybridized carbons (Fsp3) is 0.429. The Balaban J connectivity index is 1.18. The van der Waals surface area contributed by atoms with E-state index in [9.17, 15) is 9.13 Å². The maximum Gasteiger partial charge on any atom is 0.513 e. The molecule has 0 fully saturated rings. The molecule has 0 atom stereocenters. The largest absolute Gasteiger partial charge is 0.513 e. The summed E-state index contributed by atoms with van der Waals surface area (Å²) in [6.45, 7) is 12.5. The average Bonchev–Trinajstić information content (AvgIpc) is 3.10. The molecule has 0 aliphatic heterocycles. The van der Waals surface area contributed by atoms with Gasteiger partial charge in [-0.25, -0.2) is 9.13 Å². The molecule has 2 N–H and O–H groups in total. The first kappa shape index (κ1) is 43.1. The van der Waals surface area contributed by atoms with Crippen LogP contribution in [0.15, 0.2) is 97.1 Å². The summed E-state index contributed by atoms with van der Waals surface area (Å²) in [5, 5.41) is 6.23. The zero-order chi connectivity index (χ0) is 39.2. The predicted octanol–water partition coefficient (Wildman–Crippen LogP) is 9.64. The van der Waals surface area contributed by atoms with Crippen LogP contribution in [0.4, 0.5) is 0 Å². The van der Waals surface area contributed by atoms with Crippen molar-refractivity contribution in [3.05, 3.63) is 119 Å². The molecule has 0 saturated heterocycles. The van der Waals surface area contributed by atoms with E-state index >= 15 is 0 Å². The quantitative estimate of drug-likeness (QED) is 0.0437. The Hall–Kier alpha value is -3.62. The number of likely N-dealkylation sites (N-methyl/N-ethyl adjacent to an activating group) is 2. The molecular formula is C42H62N4O6P2+2. The number of hydrogen-bond acceptors (Lipinski definition) is 6. The molecular weight excluding hydrogens is 718 g/mol. The third-order valence-electron chi connectivity index (χ3n) is 9.31. The first-order valence-electron chi connectivity index (χ1n) is 18.9. The van der Waals surface area contributed by atoms with Crippen LogP contribution in [0.5, 0.6) is 23.0 Å². The van der Waals surface area contributed by atoms with Crippen LogP contribution in [0.3, 0.4) is 0 Å². The lowest BCUT2D eigenvalue weighted by atomic mass is 10.1. The van der Waals surface area contributed by atoms with Crippen molar-refractivity contribution in [1.82, 2.24) is 10.2 Å². The van der Waals surface area contributed by atoms with Crippen LogP contribution in [0.25, 0.3) is 0 Å². The minimum atomic E-state index is -3.69. The van der Waals surface area contributed by atoms with E-state index in [0.29, 0.717) is 36.1 Å². The van der Waals surface area contributed by atoms with Crippen molar-refractivity contribution in [2.75, 3.05) is 67.5 Å². The van der Waals surface area contributed by atoms with Crippen LogP contribution in [0.1, 0.15) is 47.9 Å². The fourth-order valence-corrected chi connectivity index (χ4v) is 8.43. The van der Waals surface area contributed by atoms with Gasteiger partial charge < -0.3 is 27.1 Å². The molecule has 0 radical (unpaired) electrons. The van der Waals surface area contributed by atoms with Crippen molar-refractivity contribution in [3.63, 3.8) is 0 Å². The summed E-state index contributed by atoms with van der Waals surface area (Å²) in [4.78, 5) is 0. The molecule has 294 valence electrons. The fourth-order valence-electron chi connectivity index (χ4n) is 5.75. The molecule has 4 aromatic rings. The van der Waals surface area contributed by atoms with E-state index in [1.807, 2.05) is 125 Å². The van der Waals surface area contributed by atoms with Gasteiger partial charge in [0.25, 0.3) is 0 Å². The second-order valence-electron chi connectivity index (χ2n) is 15.6. The molecule has 4 aromatic carbocycles. The lowest BCUT2D eigenvalue weighted by Gasteiger charge is -2.31. The van der Waals surface area contributed by atoms with Gasteiger partial charge in [-0.1, -0.05) is 70.8 Å². The van der Waals surface area contributed by atoms with Crippen LogP contribution >= 0.6 is 15.5 Å². The van der Waals surface area contributed by atoms with Gasteiger partial charge in [0.1, 0.15) is 23.0 Å². The molecule has 0 aliphatic rings. The van der Waals surface area contributed by atoms with Gasteiger partial charge in [0.05, 0.1) is 67.5 Å². The Morgan fingerprint density at radius 3 is 0.889 bits per heavy atom. The normalized spacial score (nSPS) is 12.4. The van der Waals surface area contributed by atoms with Crippen molar-refractivity contribution < 1.29 is 36.2 Å². The van der Waals surface area contributed by atoms with Gasteiger partial charge in [-0.3, -0.25) is 0 Å². The minimum absolute atomic E-state index is 0.473. The van der Waals surface area contributed by atoms with Crippen molar-refractivity contribution in [3.8, 4) is 23.0 Å². The number of nitrogens with one attached hydrogen (secondary N) is 2. The highest BCUT2D eigenvalue weighted by Gasteiger charge is 2.31. The third-order valence-corrected chi connectivity index (χ3v) is 12.3. The molecule has 4 rings (SSSR count). The van der Waals surface area contributed by atoms with Gasteiger partial charge >= 0.3 is 15.5 Å². The molecule has 54 heavy (non-hydrogen) atoms. The molecule has 12 heteroatoms. The summed E-state index contributed by atoms with van der Waals surface area (Å²) < 4.78 is 53.1. The van der Waals surface area contributed by atoms with Crippen molar-refractivity contribution in [1.29, 1.82) is 0 Å². The molecule has 0 aliphatic carbocycles. The lowest BCUT2D eigenvalue weighted by molar-refractivity contribution is -0.890. The van der Waals surface area contributed by atoms with Crippen LogP contribution in [-0.2, 0) is 9.13 Å². The van der Waals surface area contributed by atoms with E-state index in [1.54, 1.807) is 0 Å². The minimum Gasteiger partial charge on any atom is -0.405 e. The highest BCUT2D eigenvalue weighted by molar-refractivity contribution is 7.52. The highest BCUT2D eigenvalue weighted by Crippen LogP contribution is 2.46. The van der Waals surface area contributed by atoms with E-state index in [-0.39, 0.29) is 0 Å². The highest BCUT2D eigenvalue weighted by atomic mass is 31.2. The van der Waals surface area contributed by atoms with Crippen molar-refractivity contribution in [2.45, 2.75) is 53.4 Å². The van der Waals surface area contributed by atoms with E-state index in [1.165, 1.54) is 0 Å². The zero-order valence-corrected chi connectivity index (χ0v) is 35.3. The van der Waals surface area contributed by atoms with Gasteiger partial charge in [0.15, 0.2) is 0 Å². The van der Waals surface area contributed by atoms with E-state index in [2.05, 4.69) is 38.4 Å². The average molecular weight is 781 g/mol. The second kappa shape index (κ2) is 19.8. The zero-order valence-electron chi connectivity index (χ0n) is 33.5.